The van der Waals surface area contributed by atoms with Crippen LogP contribution in [-0.4, -0.2) is 48.1 Å². The Labute approximate surface area is 115 Å². The molecule has 4 heteroatoms. The van der Waals surface area contributed by atoms with Crippen LogP contribution in [0.4, 0.5) is 4.79 Å². The summed E-state index contributed by atoms with van der Waals surface area (Å²) in [5, 5.41) is 0. The minimum Gasteiger partial charge on any atom is -0.445 e. The first-order chi connectivity index (χ1) is 9.20. The molecule has 1 saturated heterocycles. The lowest BCUT2D eigenvalue weighted by atomic mass is 10.2. The molecule has 0 bridgehead atoms. The lowest BCUT2D eigenvalue weighted by molar-refractivity contribution is 0.0494. The van der Waals surface area contributed by atoms with Crippen molar-refractivity contribution < 1.29 is 9.53 Å². The third kappa shape index (κ3) is 3.70. The Morgan fingerprint density at radius 1 is 1.32 bits per heavy atom. The molecule has 1 aliphatic heterocycles. The molecule has 0 saturated carbocycles. The van der Waals surface area contributed by atoms with Crippen LogP contribution in [0.3, 0.4) is 0 Å². The van der Waals surface area contributed by atoms with Crippen LogP contribution in [-0.2, 0) is 11.3 Å². The molecule has 0 spiro atoms. The molecule has 0 radical (unpaired) electrons. The first-order valence-electron chi connectivity index (χ1n) is 6.90. The topological polar surface area (TPSA) is 32.8 Å². The number of hydrogen-bond donors (Lipinski definition) is 0. The van der Waals surface area contributed by atoms with Gasteiger partial charge in [-0.3, -0.25) is 4.90 Å². The fourth-order valence-electron chi connectivity index (χ4n) is 2.39. The number of nitrogens with zero attached hydrogens (tertiary/aromatic N) is 2. The van der Waals surface area contributed by atoms with Crippen LogP contribution in [0.5, 0.6) is 0 Å². The van der Waals surface area contributed by atoms with E-state index in [0.717, 1.165) is 31.7 Å². The summed E-state index contributed by atoms with van der Waals surface area (Å²) in [6, 6.07) is 10.0. The third-order valence-electron chi connectivity index (χ3n) is 3.60. The van der Waals surface area contributed by atoms with Crippen LogP contribution in [0.15, 0.2) is 30.3 Å². The average Bonchev–Trinajstić information content (AvgIpc) is 2.45. The molecule has 1 aromatic carbocycles. The minimum atomic E-state index is -0.202. The Bertz CT molecular complexity index is 408. The highest BCUT2D eigenvalue weighted by molar-refractivity contribution is 5.68. The van der Waals surface area contributed by atoms with Gasteiger partial charge in [0.2, 0.25) is 0 Å². The number of hydrogen-bond acceptors (Lipinski definition) is 3. The molecule has 4 nitrogen and oxygen atoms in total. The molecule has 1 heterocycles. The van der Waals surface area contributed by atoms with Crippen LogP contribution in [0.1, 0.15) is 19.4 Å². The number of rotatable bonds is 3. The largest absolute Gasteiger partial charge is 0.445 e. The van der Waals surface area contributed by atoms with E-state index in [-0.39, 0.29) is 12.1 Å². The standard InChI is InChI=1S/C15H22N2O2/c1-3-16-9-10-17(13(2)11-16)15(18)19-12-14-7-5-4-6-8-14/h4-8,13H,3,9-12H2,1-2H3/t13-/m0/s1. The number of benzene rings is 1. The zero-order valence-electron chi connectivity index (χ0n) is 11.7. The first kappa shape index (κ1) is 13.9. The third-order valence-corrected chi connectivity index (χ3v) is 3.60. The Morgan fingerprint density at radius 3 is 2.68 bits per heavy atom. The van der Waals surface area contributed by atoms with Gasteiger partial charge in [0.15, 0.2) is 0 Å². The van der Waals surface area contributed by atoms with Gasteiger partial charge >= 0.3 is 6.09 Å². The summed E-state index contributed by atoms with van der Waals surface area (Å²) >= 11 is 0. The number of amides is 1. The highest BCUT2D eigenvalue weighted by Crippen LogP contribution is 2.12. The lowest BCUT2D eigenvalue weighted by Gasteiger charge is -2.38. The van der Waals surface area contributed by atoms with Gasteiger partial charge in [-0.15, -0.1) is 0 Å². The van der Waals surface area contributed by atoms with Crippen LogP contribution in [0, 0.1) is 0 Å². The van der Waals surface area contributed by atoms with Gasteiger partial charge in [0, 0.05) is 25.7 Å². The van der Waals surface area contributed by atoms with Crippen molar-refractivity contribution >= 4 is 6.09 Å². The zero-order valence-corrected chi connectivity index (χ0v) is 11.7. The fraction of sp³-hybridized carbons (Fsp3) is 0.533. The Kier molecular flexibility index (Phi) is 4.80. The summed E-state index contributed by atoms with van der Waals surface area (Å²) in [7, 11) is 0. The van der Waals surface area contributed by atoms with Gasteiger partial charge in [-0.25, -0.2) is 4.79 Å². The van der Waals surface area contributed by atoms with Crippen LogP contribution in [0.2, 0.25) is 0 Å². The molecule has 0 aliphatic carbocycles. The maximum absolute atomic E-state index is 12.1. The van der Waals surface area contributed by atoms with Gasteiger partial charge in [0.1, 0.15) is 6.61 Å². The maximum Gasteiger partial charge on any atom is 0.410 e. The van der Waals surface area contributed by atoms with Crippen LogP contribution >= 0.6 is 0 Å². The lowest BCUT2D eigenvalue weighted by Crippen LogP contribution is -2.53. The monoisotopic (exact) mass is 262 g/mol. The van der Waals surface area contributed by atoms with Crippen molar-refractivity contribution in [2.24, 2.45) is 0 Å². The normalized spacial score (nSPS) is 20.3. The molecule has 2 rings (SSSR count). The molecule has 1 fully saturated rings. The molecule has 1 amide bonds. The molecule has 0 unspecified atom stereocenters. The van der Waals surface area contributed by atoms with Crippen molar-refractivity contribution in [1.82, 2.24) is 9.80 Å². The molecule has 1 aromatic rings. The second-order valence-corrected chi connectivity index (χ2v) is 4.98. The van der Waals surface area contributed by atoms with E-state index in [4.69, 9.17) is 4.74 Å². The molecule has 1 aliphatic rings. The molecule has 19 heavy (non-hydrogen) atoms. The van der Waals surface area contributed by atoms with Crippen LogP contribution in [0.25, 0.3) is 0 Å². The summed E-state index contributed by atoms with van der Waals surface area (Å²) in [5.74, 6) is 0. The SMILES string of the molecule is CCN1CCN(C(=O)OCc2ccccc2)[C@@H](C)C1. The summed E-state index contributed by atoms with van der Waals surface area (Å²) in [6.45, 7) is 8.22. The van der Waals surface area contributed by atoms with Crippen molar-refractivity contribution in [3.8, 4) is 0 Å². The number of likely N-dealkylation sites (N-methyl/N-ethyl adjacent to an activating group) is 1. The van der Waals surface area contributed by atoms with Gasteiger partial charge in [-0.05, 0) is 19.0 Å². The quantitative estimate of drug-likeness (QED) is 0.838. The predicted octanol–water partition coefficient (Wildman–Crippen LogP) is 2.35. The predicted molar refractivity (Wildman–Crippen MR) is 74.9 cm³/mol. The Balaban J connectivity index is 1.83. The van der Waals surface area contributed by atoms with E-state index in [1.54, 1.807) is 0 Å². The van der Waals surface area contributed by atoms with Gasteiger partial charge in [0.05, 0.1) is 0 Å². The first-order valence-corrected chi connectivity index (χ1v) is 6.90. The molecular weight excluding hydrogens is 240 g/mol. The van der Waals surface area contributed by atoms with E-state index >= 15 is 0 Å². The molecule has 104 valence electrons. The fourth-order valence-corrected chi connectivity index (χ4v) is 2.39. The highest BCUT2D eigenvalue weighted by atomic mass is 16.6. The number of piperazine rings is 1. The summed E-state index contributed by atoms with van der Waals surface area (Å²) in [5.41, 5.74) is 1.02. The van der Waals surface area contributed by atoms with Crippen molar-refractivity contribution in [2.45, 2.75) is 26.5 Å². The Morgan fingerprint density at radius 2 is 2.05 bits per heavy atom. The van der Waals surface area contributed by atoms with E-state index in [2.05, 4.69) is 18.7 Å². The minimum absolute atomic E-state index is 0.202. The second-order valence-electron chi connectivity index (χ2n) is 4.98. The molecule has 1 atom stereocenters. The molecular formula is C15H22N2O2. The van der Waals surface area contributed by atoms with Crippen molar-refractivity contribution in [3.63, 3.8) is 0 Å². The summed E-state index contributed by atoms with van der Waals surface area (Å²) < 4.78 is 5.38. The number of ether oxygens (including phenoxy) is 1. The van der Waals surface area contributed by atoms with E-state index in [0.29, 0.717) is 6.61 Å². The van der Waals surface area contributed by atoms with E-state index in [1.165, 1.54) is 0 Å². The van der Waals surface area contributed by atoms with Gasteiger partial charge in [0.25, 0.3) is 0 Å². The number of carbonyl (C=O) groups excluding carboxylic acids is 1. The van der Waals surface area contributed by atoms with Gasteiger partial charge in [-0.1, -0.05) is 37.3 Å². The molecule has 0 aromatic heterocycles. The summed E-state index contributed by atoms with van der Waals surface area (Å²) in [4.78, 5) is 16.2. The average molecular weight is 262 g/mol. The maximum atomic E-state index is 12.1. The highest BCUT2D eigenvalue weighted by Gasteiger charge is 2.27. The second kappa shape index (κ2) is 6.57. The van der Waals surface area contributed by atoms with Crippen molar-refractivity contribution in [3.05, 3.63) is 35.9 Å². The molecule has 0 N–H and O–H groups in total. The van der Waals surface area contributed by atoms with Gasteiger partial charge < -0.3 is 9.64 Å². The smallest absolute Gasteiger partial charge is 0.410 e. The van der Waals surface area contributed by atoms with Crippen molar-refractivity contribution in [2.75, 3.05) is 26.2 Å². The summed E-state index contributed by atoms with van der Waals surface area (Å²) in [6.07, 6.45) is -0.202. The van der Waals surface area contributed by atoms with E-state index < -0.39 is 0 Å². The van der Waals surface area contributed by atoms with Gasteiger partial charge in [-0.2, -0.15) is 0 Å². The zero-order chi connectivity index (χ0) is 13.7. The van der Waals surface area contributed by atoms with Crippen LogP contribution < -0.4 is 0 Å². The van der Waals surface area contributed by atoms with E-state index in [1.807, 2.05) is 35.2 Å². The number of carbonyl (C=O) groups is 1. The van der Waals surface area contributed by atoms with Crippen molar-refractivity contribution in [1.29, 1.82) is 0 Å². The van der Waals surface area contributed by atoms with E-state index in [9.17, 15) is 4.79 Å². The Hall–Kier alpha value is -1.55.